The molecule has 1 aromatic heterocycles. The predicted molar refractivity (Wildman–Crippen MR) is 165 cm³/mol. The molecule has 2 aromatic carbocycles. The van der Waals surface area contributed by atoms with Gasteiger partial charge in [0.25, 0.3) is 5.56 Å². The highest BCUT2D eigenvalue weighted by Gasteiger charge is 2.52. The molecule has 8 aliphatic carbocycles. The number of hydrogen-bond donors (Lipinski definition) is 1. The fraction of sp³-hybridized carbons (Fsp3) is 0.568. The monoisotopic (exact) mass is 545 g/mol. The molecule has 41 heavy (non-hydrogen) atoms. The lowest BCUT2D eigenvalue weighted by Crippen LogP contribution is -2.48. The van der Waals surface area contributed by atoms with E-state index in [4.69, 9.17) is 4.99 Å². The maximum Gasteiger partial charge on any atom is 0.280 e. The van der Waals surface area contributed by atoms with E-state index >= 15 is 0 Å². The molecule has 1 heterocycles. The fourth-order valence-corrected chi connectivity index (χ4v) is 11.8. The lowest BCUT2D eigenvalue weighted by Gasteiger charge is -2.57. The van der Waals surface area contributed by atoms with Crippen LogP contribution in [-0.4, -0.2) is 16.0 Å². The summed E-state index contributed by atoms with van der Waals surface area (Å²) in [5, 5.41) is 3.32. The summed E-state index contributed by atoms with van der Waals surface area (Å²) in [5.41, 5.74) is 7.10. The van der Waals surface area contributed by atoms with Crippen molar-refractivity contribution < 1.29 is 0 Å². The standard InChI is InChI=1S/C37H43N3O/c1-23-34(22-38-32-6-2-30(3-7-32)36-16-24-10-25(17-36)12-26(11-24)18-36)35(41)40(39-23)33-8-4-31(5-9-33)37-19-27-13-28(20-37)15-29(14-27)21-37/h2-9,22,24-29,39H,10-21H2,1H3. The van der Waals surface area contributed by atoms with Crippen molar-refractivity contribution in [2.24, 2.45) is 40.5 Å². The van der Waals surface area contributed by atoms with Gasteiger partial charge in [-0.25, -0.2) is 4.68 Å². The normalized spacial score (nSPS) is 38.4. The number of nitrogens with zero attached hydrogens (tertiary/aromatic N) is 2. The van der Waals surface area contributed by atoms with E-state index in [1.807, 2.05) is 6.92 Å². The first-order valence-electron chi connectivity index (χ1n) is 16.5. The van der Waals surface area contributed by atoms with Crippen molar-refractivity contribution in [2.75, 3.05) is 0 Å². The summed E-state index contributed by atoms with van der Waals surface area (Å²) in [6.45, 7) is 1.97. The first-order chi connectivity index (χ1) is 19.9. The van der Waals surface area contributed by atoms with Crippen molar-refractivity contribution in [2.45, 2.75) is 94.8 Å². The van der Waals surface area contributed by atoms with Gasteiger partial charge in [0.2, 0.25) is 0 Å². The van der Waals surface area contributed by atoms with Crippen molar-refractivity contribution >= 4 is 11.9 Å². The van der Waals surface area contributed by atoms with Crippen LogP contribution in [0, 0.1) is 42.4 Å². The van der Waals surface area contributed by atoms with Gasteiger partial charge in [0.15, 0.2) is 0 Å². The van der Waals surface area contributed by atoms with Crippen LogP contribution in [0.4, 0.5) is 5.69 Å². The van der Waals surface area contributed by atoms with Crippen LogP contribution < -0.4 is 5.56 Å². The van der Waals surface area contributed by atoms with E-state index in [0.717, 1.165) is 52.6 Å². The number of aromatic nitrogens is 2. The number of aromatic amines is 1. The van der Waals surface area contributed by atoms with Crippen LogP contribution in [0.5, 0.6) is 0 Å². The summed E-state index contributed by atoms with van der Waals surface area (Å²) in [5.74, 6) is 5.65. The van der Waals surface area contributed by atoms with Gasteiger partial charge < -0.3 is 0 Å². The third-order valence-corrected chi connectivity index (χ3v) is 12.8. The van der Waals surface area contributed by atoms with Crippen LogP contribution in [0.15, 0.2) is 58.3 Å². The van der Waals surface area contributed by atoms with Gasteiger partial charge in [0.1, 0.15) is 0 Å². The minimum Gasteiger partial charge on any atom is -0.295 e. The Bertz CT molecular complexity index is 1500. The van der Waals surface area contributed by atoms with Crippen LogP contribution in [-0.2, 0) is 10.8 Å². The summed E-state index contributed by atoms with van der Waals surface area (Å²) in [4.78, 5) is 18.2. The third kappa shape index (κ3) is 3.92. The average molecular weight is 546 g/mol. The predicted octanol–water partition coefficient (Wildman–Crippen LogP) is 8.16. The smallest absolute Gasteiger partial charge is 0.280 e. The number of aliphatic imine (C=N–C) groups is 1. The maximum atomic E-state index is 13.5. The number of aryl methyl sites for hydroxylation is 1. The van der Waals surface area contributed by atoms with E-state index in [0.29, 0.717) is 16.4 Å². The quantitative estimate of drug-likeness (QED) is 0.323. The highest BCUT2D eigenvalue weighted by Crippen LogP contribution is 2.62. The van der Waals surface area contributed by atoms with Crippen LogP contribution in [0.2, 0.25) is 0 Å². The van der Waals surface area contributed by atoms with Crippen LogP contribution >= 0.6 is 0 Å². The minimum absolute atomic E-state index is 0.0287. The van der Waals surface area contributed by atoms with Crippen LogP contribution in [0.3, 0.4) is 0 Å². The molecule has 1 N–H and O–H groups in total. The van der Waals surface area contributed by atoms with Crippen LogP contribution in [0.1, 0.15) is 99.4 Å². The maximum absolute atomic E-state index is 13.5. The number of benzene rings is 2. The van der Waals surface area contributed by atoms with Gasteiger partial charge in [-0.3, -0.25) is 14.9 Å². The SMILES string of the molecule is Cc1[nH]n(-c2ccc(C34CC5CC(CC(C5)C3)C4)cc2)c(=O)c1C=Nc1ccc(C23CC4CC(CC(C4)C2)C3)cc1. The molecule has 0 saturated heterocycles. The molecule has 0 aliphatic heterocycles. The topological polar surface area (TPSA) is 50.1 Å². The van der Waals surface area contributed by atoms with Crippen molar-refractivity contribution in [3.63, 3.8) is 0 Å². The van der Waals surface area contributed by atoms with Crippen molar-refractivity contribution in [1.29, 1.82) is 0 Å². The largest absolute Gasteiger partial charge is 0.295 e. The van der Waals surface area contributed by atoms with Gasteiger partial charge in [-0.05, 0) is 166 Å². The summed E-state index contributed by atoms with van der Waals surface area (Å²) >= 11 is 0. The van der Waals surface area contributed by atoms with Gasteiger partial charge in [-0.1, -0.05) is 24.3 Å². The molecule has 0 radical (unpaired) electrons. The van der Waals surface area contributed by atoms with E-state index in [-0.39, 0.29) is 5.56 Å². The Labute approximate surface area is 243 Å². The molecule has 11 rings (SSSR count). The lowest BCUT2D eigenvalue weighted by molar-refractivity contribution is -0.00530. The average Bonchev–Trinajstić information content (AvgIpc) is 3.23. The molecule has 4 nitrogen and oxygen atoms in total. The van der Waals surface area contributed by atoms with E-state index in [9.17, 15) is 4.79 Å². The zero-order chi connectivity index (χ0) is 27.3. The second kappa shape index (κ2) is 8.82. The molecule has 8 bridgehead atoms. The van der Waals surface area contributed by atoms with Crippen molar-refractivity contribution in [3.8, 4) is 5.69 Å². The molecule has 8 fully saturated rings. The van der Waals surface area contributed by atoms with Crippen molar-refractivity contribution in [3.05, 3.63) is 81.3 Å². The third-order valence-electron chi connectivity index (χ3n) is 12.8. The molecule has 0 atom stereocenters. The highest BCUT2D eigenvalue weighted by atomic mass is 16.1. The molecule has 0 unspecified atom stereocenters. The van der Waals surface area contributed by atoms with E-state index in [1.165, 1.54) is 88.2 Å². The molecule has 8 aliphatic rings. The van der Waals surface area contributed by atoms with E-state index in [1.54, 1.807) is 10.9 Å². The number of rotatable bonds is 5. The first-order valence-corrected chi connectivity index (χ1v) is 16.5. The second-order valence-electron chi connectivity index (χ2n) is 15.5. The summed E-state index contributed by atoms with van der Waals surface area (Å²) in [7, 11) is 0. The van der Waals surface area contributed by atoms with E-state index < -0.39 is 0 Å². The molecule has 3 aromatic rings. The van der Waals surface area contributed by atoms with Gasteiger partial charge >= 0.3 is 0 Å². The number of H-pyrrole nitrogens is 1. The molecule has 0 spiro atoms. The molecular weight excluding hydrogens is 502 g/mol. The van der Waals surface area contributed by atoms with Crippen LogP contribution in [0.25, 0.3) is 5.69 Å². The molecule has 8 saturated carbocycles. The Kier molecular flexibility index (Phi) is 5.31. The second-order valence-corrected chi connectivity index (χ2v) is 15.5. The summed E-state index contributed by atoms with van der Waals surface area (Å²) < 4.78 is 1.69. The van der Waals surface area contributed by atoms with Gasteiger partial charge in [-0.2, -0.15) is 0 Å². The Hall–Kier alpha value is -2.88. The van der Waals surface area contributed by atoms with Gasteiger partial charge in [0, 0.05) is 11.9 Å². The lowest BCUT2D eigenvalue weighted by atomic mass is 9.48. The van der Waals surface area contributed by atoms with Gasteiger partial charge in [-0.15, -0.1) is 0 Å². The molecule has 0 amide bonds. The zero-order valence-electron chi connectivity index (χ0n) is 24.4. The Morgan fingerprint density at radius 3 is 1.54 bits per heavy atom. The van der Waals surface area contributed by atoms with Crippen molar-refractivity contribution in [1.82, 2.24) is 9.78 Å². The number of hydrogen-bond acceptors (Lipinski definition) is 2. The van der Waals surface area contributed by atoms with E-state index in [2.05, 4.69) is 53.6 Å². The Morgan fingerprint density at radius 2 is 1.10 bits per heavy atom. The first kappa shape index (κ1) is 24.7. The van der Waals surface area contributed by atoms with Gasteiger partial charge in [0.05, 0.1) is 16.9 Å². The molecule has 4 heteroatoms. The Balaban J connectivity index is 0.942. The highest BCUT2D eigenvalue weighted by molar-refractivity contribution is 5.83. The molecule has 212 valence electrons. The summed E-state index contributed by atoms with van der Waals surface area (Å²) in [6, 6.07) is 17.9. The summed E-state index contributed by atoms with van der Waals surface area (Å²) in [6.07, 6.45) is 18.8. The number of nitrogens with one attached hydrogen (secondary N) is 1. The fourth-order valence-electron chi connectivity index (χ4n) is 11.8. The zero-order valence-corrected chi connectivity index (χ0v) is 24.4. The minimum atomic E-state index is -0.0287. The molecular formula is C37H43N3O. The Morgan fingerprint density at radius 1 is 0.683 bits per heavy atom.